The minimum Gasteiger partial charge on any atom is -0.414 e. The molecule has 0 bridgehead atoms. The number of hydrogen-bond donors (Lipinski definition) is 0. The lowest BCUT2D eigenvalue weighted by Crippen LogP contribution is -2.16. The normalized spacial score (nSPS) is 12.8. The first kappa shape index (κ1) is 7.61. The minimum absolute atomic E-state index is 1.74. The van der Waals surface area contributed by atoms with Gasteiger partial charge in [-0.05, 0) is 0 Å². The SMILES string of the molecule is FO[C-](F)C(F)(F)F. The molecule has 0 atom stereocenters. The lowest BCUT2D eigenvalue weighted by molar-refractivity contribution is -0.271. The molecule has 1 nitrogen and oxygen atoms in total. The second kappa shape index (κ2) is 2.25. The van der Waals surface area contributed by atoms with E-state index in [4.69, 9.17) is 0 Å². The van der Waals surface area contributed by atoms with E-state index < -0.39 is 12.5 Å². The van der Waals surface area contributed by atoms with Crippen molar-refractivity contribution in [3.63, 3.8) is 0 Å². The van der Waals surface area contributed by atoms with E-state index in [1.54, 1.807) is 4.94 Å². The van der Waals surface area contributed by atoms with Crippen molar-refractivity contribution in [2.45, 2.75) is 6.18 Å². The molecule has 8 heavy (non-hydrogen) atoms. The molecule has 0 aromatic carbocycles. The summed E-state index contributed by atoms with van der Waals surface area (Å²) in [7, 11) is 0. The Hall–Kier alpha value is -0.390. The van der Waals surface area contributed by atoms with Crippen molar-refractivity contribution in [2.24, 2.45) is 0 Å². The minimum atomic E-state index is -5.34. The zero-order valence-electron chi connectivity index (χ0n) is 3.30. The Labute approximate surface area is 40.9 Å². The lowest BCUT2D eigenvalue weighted by Gasteiger charge is -2.18. The van der Waals surface area contributed by atoms with Crippen LogP contribution in [0.5, 0.6) is 0 Å². The van der Waals surface area contributed by atoms with Gasteiger partial charge in [-0.3, -0.25) is 0 Å². The summed E-state index contributed by atoms with van der Waals surface area (Å²) in [6.45, 7) is 0. The highest BCUT2D eigenvalue weighted by molar-refractivity contribution is 4.70. The molecule has 50 valence electrons. The highest BCUT2D eigenvalue weighted by atomic mass is 19.4. The van der Waals surface area contributed by atoms with Gasteiger partial charge in [0.25, 0.3) is 0 Å². The highest BCUT2D eigenvalue weighted by Crippen LogP contribution is 2.29. The van der Waals surface area contributed by atoms with Gasteiger partial charge in [0, 0.05) is 0 Å². The zero-order valence-corrected chi connectivity index (χ0v) is 3.30. The molecule has 0 unspecified atom stereocenters. The fraction of sp³-hybridized carbons (Fsp3) is 0.500. The van der Waals surface area contributed by atoms with Gasteiger partial charge in [-0.15, -0.1) is 0 Å². The van der Waals surface area contributed by atoms with Crippen LogP contribution in [0, 0.1) is 6.36 Å². The van der Waals surface area contributed by atoms with Crippen LogP contribution in [0.25, 0.3) is 0 Å². The molecule has 0 fully saturated rings. The van der Waals surface area contributed by atoms with Crippen LogP contribution in [0.2, 0.25) is 0 Å². The number of rotatable bonds is 1. The second-order valence-electron chi connectivity index (χ2n) is 0.849. The predicted octanol–water partition coefficient (Wildman–Crippen LogP) is 1.91. The van der Waals surface area contributed by atoms with Gasteiger partial charge in [-0.25, -0.2) is 13.2 Å². The Bertz CT molecular complexity index is 67.3. The summed E-state index contributed by atoms with van der Waals surface area (Å²) in [6, 6.07) is 0. The van der Waals surface area contributed by atoms with Gasteiger partial charge in [0.05, 0.1) is 0 Å². The van der Waals surface area contributed by atoms with E-state index in [9.17, 15) is 22.1 Å². The van der Waals surface area contributed by atoms with Crippen LogP contribution in [0.15, 0.2) is 0 Å². The molecular formula is C2F5O-. The van der Waals surface area contributed by atoms with Crippen LogP contribution in [-0.4, -0.2) is 6.18 Å². The van der Waals surface area contributed by atoms with E-state index in [1.807, 2.05) is 0 Å². The molecule has 0 N–H and O–H groups in total. The molecule has 0 aliphatic carbocycles. The fourth-order valence-corrected chi connectivity index (χ4v) is 0.0437. The third-order valence-electron chi connectivity index (χ3n) is 0.291. The first-order valence-corrected chi connectivity index (χ1v) is 1.36. The van der Waals surface area contributed by atoms with E-state index in [0.29, 0.717) is 0 Å². The van der Waals surface area contributed by atoms with Crippen LogP contribution >= 0.6 is 0 Å². The quantitative estimate of drug-likeness (QED) is 0.394. The van der Waals surface area contributed by atoms with Crippen molar-refractivity contribution in [3.8, 4) is 0 Å². The number of hydrogen-bond acceptors (Lipinski definition) is 1. The van der Waals surface area contributed by atoms with Gasteiger partial charge in [0.2, 0.25) is 0 Å². The molecule has 0 amide bonds. The third-order valence-corrected chi connectivity index (χ3v) is 0.291. The fourth-order valence-electron chi connectivity index (χ4n) is 0.0437. The van der Waals surface area contributed by atoms with E-state index in [0.717, 1.165) is 0 Å². The average molecular weight is 135 g/mol. The Morgan fingerprint density at radius 1 is 1.25 bits per heavy atom. The molecule has 0 aliphatic rings. The molecular weight excluding hydrogens is 135 g/mol. The molecule has 0 radical (unpaired) electrons. The summed E-state index contributed by atoms with van der Waals surface area (Å²) < 4.78 is 53.1. The number of halogens is 5. The van der Waals surface area contributed by atoms with Gasteiger partial charge < -0.3 is 9.33 Å². The first-order chi connectivity index (χ1) is 3.48. The summed E-state index contributed by atoms with van der Waals surface area (Å²) in [5.41, 5.74) is 0. The monoisotopic (exact) mass is 135 g/mol. The summed E-state index contributed by atoms with van der Waals surface area (Å²) in [6.07, 6.45) is -8.42. The third kappa shape index (κ3) is 2.06. The Morgan fingerprint density at radius 3 is 1.62 bits per heavy atom. The van der Waals surface area contributed by atoms with E-state index in [-0.39, 0.29) is 0 Å². The molecule has 0 aliphatic heterocycles. The maximum atomic E-state index is 10.8. The standard InChI is InChI=1S/C2F5O/c3-1(8-7)2(4,5)6/q-1. The molecule has 0 aromatic rings. The van der Waals surface area contributed by atoms with Gasteiger partial charge in [-0.1, -0.05) is 4.53 Å². The average Bonchev–Trinajstić information content (AvgIpc) is 1.62. The van der Waals surface area contributed by atoms with Gasteiger partial charge >= 0.3 is 6.18 Å². The maximum Gasteiger partial charge on any atom is 0.325 e. The maximum absolute atomic E-state index is 10.8. The van der Waals surface area contributed by atoms with Crippen molar-refractivity contribution in [1.82, 2.24) is 0 Å². The Balaban J connectivity index is 3.62. The predicted molar refractivity (Wildman–Crippen MR) is 12.6 cm³/mol. The second-order valence-corrected chi connectivity index (χ2v) is 0.849. The summed E-state index contributed by atoms with van der Waals surface area (Å²) in [4.78, 5) is 1.74. The zero-order chi connectivity index (χ0) is 6.78. The molecule has 0 rings (SSSR count). The van der Waals surface area contributed by atoms with Crippen molar-refractivity contribution >= 4 is 0 Å². The smallest absolute Gasteiger partial charge is 0.325 e. The van der Waals surface area contributed by atoms with Gasteiger partial charge in [0.1, 0.15) is 6.36 Å². The molecule has 0 saturated carbocycles. The highest BCUT2D eigenvalue weighted by Gasteiger charge is 2.28. The number of alkyl halides is 3. The van der Waals surface area contributed by atoms with Crippen molar-refractivity contribution in [2.75, 3.05) is 0 Å². The summed E-state index contributed by atoms with van der Waals surface area (Å²) in [5, 5.41) is 0. The summed E-state index contributed by atoms with van der Waals surface area (Å²) >= 11 is 0. The van der Waals surface area contributed by atoms with Crippen LogP contribution in [-0.2, 0) is 4.94 Å². The lowest BCUT2D eigenvalue weighted by atomic mass is 10.7. The van der Waals surface area contributed by atoms with Crippen LogP contribution < -0.4 is 0 Å². The van der Waals surface area contributed by atoms with Crippen LogP contribution in [0.1, 0.15) is 0 Å². The van der Waals surface area contributed by atoms with E-state index in [2.05, 4.69) is 0 Å². The topological polar surface area (TPSA) is 9.23 Å². The van der Waals surface area contributed by atoms with Crippen molar-refractivity contribution < 1.29 is 27.0 Å². The Kier molecular flexibility index (Phi) is 2.14. The molecule has 6 heteroatoms. The van der Waals surface area contributed by atoms with E-state index >= 15 is 0 Å². The molecule has 0 heterocycles. The van der Waals surface area contributed by atoms with Crippen molar-refractivity contribution in [3.05, 3.63) is 6.36 Å². The summed E-state index contributed by atoms with van der Waals surface area (Å²) in [5.74, 6) is 0. The van der Waals surface area contributed by atoms with Crippen LogP contribution in [0.3, 0.4) is 0 Å². The molecule has 0 spiro atoms. The van der Waals surface area contributed by atoms with Crippen molar-refractivity contribution in [1.29, 1.82) is 0 Å². The van der Waals surface area contributed by atoms with E-state index in [1.165, 1.54) is 0 Å². The Morgan fingerprint density at radius 2 is 1.62 bits per heavy atom. The first-order valence-electron chi connectivity index (χ1n) is 1.36. The molecule has 0 aromatic heterocycles. The molecule has 0 saturated heterocycles. The van der Waals surface area contributed by atoms with Crippen LogP contribution in [0.4, 0.5) is 22.1 Å². The van der Waals surface area contributed by atoms with Gasteiger partial charge in [0.15, 0.2) is 0 Å². The largest absolute Gasteiger partial charge is 0.414 e. The van der Waals surface area contributed by atoms with Gasteiger partial charge in [-0.2, -0.15) is 0 Å².